The van der Waals surface area contributed by atoms with Crippen LogP contribution in [0.3, 0.4) is 0 Å². The largest absolute Gasteiger partial charge is 0.376 e. The summed E-state index contributed by atoms with van der Waals surface area (Å²) < 4.78 is 32.7. The number of rotatable bonds is 7. The van der Waals surface area contributed by atoms with Crippen molar-refractivity contribution in [2.45, 2.75) is 30.4 Å². The summed E-state index contributed by atoms with van der Waals surface area (Å²) in [5.74, 6) is -0.243. The van der Waals surface area contributed by atoms with Gasteiger partial charge >= 0.3 is 0 Å². The minimum Gasteiger partial charge on any atom is -0.376 e. The van der Waals surface area contributed by atoms with Crippen LogP contribution in [0.25, 0.3) is 0 Å². The van der Waals surface area contributed by atoms with E-state index in [9.17, 15) is 13.2 Å². The van der Waals surface area contributed by atoms with E-state index in [2.05, 4.69) is 15.0 Å². The van der Waals surface area contributed by atoms with Crippen molar-refractivity contribution in [3.05, 3.63) is 59.9 Å². The second-order valence-electron chi connectivity index (χ2n) is 6.06. The maximum absolute atomic E-state index is 12.3. The smallest absolute Gasteiger partial charge is 0.251 e. The highest BCUT2D eigenvalue weighted by atomic mass is 32.2. The molecule has 0 saturated carbocycles. The summed E-state index contributed by atoms with van der Waals surface area (Å²) in [6.07, 6.45) is 5.25. The average molecular weight is 375 g/mol. The number of amides is 1. The molecule has 1 aliphatic rings. The summed E-state index contributed by atoms with van der Waals surface area (Å²) >= 11 is 0. The number of ether oxygens (including phenoxy) is 1. The molecule has 0 unspecified atom stereocenters. The number of sulfonamides is 1. The first kappa shape index (κ1) is 18.5. The predicted molar refractivity (Wildman–Crippen MR) is 96.0 cm³/mol. The van der Waals surface area contributed by atoms with Crippen LogP contribution in [0.15, 0.2) is 53.7 Å². The molecular weight excluding hydrogens is 354 g/mol. The van der Waals surface area contributed by atoms with E-state index in [0.717, 1.165) is 25.0 Å². The Balaban J connectivity index is 1.57. The maximum atomic E-state index is 12.3. The van der Waals surface area contributed by atoms with Crippen molar-refractivity contribution in [3.63, 3.8) is 0 Å². The summed E-state index contributed by atoms with van der Waals surface area (Å²) in [6, 6.07) is 9.39. The van der Waals surface area contributed by atoms with Gasteiger partial charge in [-0.3, -0.25) is 9.78 Å². The second kappa shape index (κ2) is 8.39. The van der Waals surface area contributed by atoms with E-state index < -0.39 is 10.0 Å². The fourth-order valence-corrected chi connectivity index (χ4v) is 3.68. The Kier molecular flexibility index (Phi) is 5.97. The Hall–Kier alpha value is -2.29. The fourth-order valence-electron chi connectivity index (χ4n) is 2.66. The van der Waals surface area contributed by atoms with Gasteiger partial charge in [-0.1, -0.05) is 6.07 Å². The Morgan fingerprint density at radius 2 is 2.04 bits per heavy atom. The lowest BCUT2D eigenvalue weighted by atomic mass is 10.2. The van der Waals surface area contributed by atoms with E-state index in [1.54, 1.807) is 24.5 Å². The number of carbonyl (C=O) groups excluding carboxylic acids is 1. The summed E-state index contributed by atoms with van der Waals surface area (Å²) in [6.45, 7) is 1.35. The van der Waals surface area contributed by atoms with Gasteiger partial charge in [0, 0.05) is 37.7 Å². The maximum Gasteiger partial charge on any atom is 0.251 e. The standard InChI is InChI=1S/C18H21N3O4S/c22-18(20-13-16-4-2-10-25-16)15-5-7-17(8-6-15)26(23,24)21-12-14-3-1-9-19-11-14/h1,3,5-9,11,16,21H,2,4,10,12-13H2,(H,20,22)/t16-/m0/s1. The molecule has 1 aliphatic heterocycles. The zero-order valence-electron chi connectivity index (χ0n) is 14.2. The lowest BCUT2D eigenvalue weighted by Gasteiger charge is -2.11. The highest BCUT2D eigenvalue weighted by molar-refractivity contribution is 7.89. The topological polar surface area (TPSA) is 97.4 Å². The molecule has 0 radical (unpaired) electrons. The number of benzene rings is 1. The van der Waals surface area contributed by atoms with E-state index >= 15 is 0 Å². The van der Waals surface area contributed by atoms with Crippen molar-refractivity contribution in [1.82, 2.24) is 15.0 Å². The van der Waals surface area contributed by atoms with Crippen LogP contribution in [-0.4, -0.2) is 38.6 Å². The van der Waals surface area contributed by atoms with Crippen LogP contribution >= 0.6 is 0 Å². The van der Waals surface area contributed by atoms with Gasteiger partial charge in [0.15, 0.2) is 0 Å². The minimum atomic E-state index is -3.66. The molecule has 1 aromatic heterocycles. The Morgan fingerprint density at radius 3 is 2.69 bits per heavy atom. The van der Waals surface area contributed by atoms with Crippen LogP contribution in [0, 0.1) is 0 Å². The van der Waals surface area contributed by atoms with Gasteiger partial charge in [0.25, 0.3) is 5.91 Å². The van der Waals surface area contributed by atoms with Crippen molar-refractivity contribution in [1.29, 1.82) is 0 Å². The summed E-state index contributed by atoms with van der Waals surface area (Å²) in [5, 5.41) is 2.81. The van der Waals surface area contributed by atoms with Gasteiger partial charge in [-0.25, -0.2) is 13.1 Å². The normalized spacial score (nSPS) is 17.2. The molecule has 0 aliphatic carbocycles. The Labute approximate surface area is 152 Å². The van der Waals surface area contributed by atoms with Crippen molar-refractivity contribution in [2.24, 2.45) is 0 Å². The molecule has 2 heterocycles. The first-order valence-corrected chi connectivity index (χ1v) is 9.91. The van der Waals surface area contributed by atoms with E-state index in [1.807, 2.05) is 0 Å². The van der Waals surface area contributed by atoms with E-state index in [0.29, 0.717) is 12.1 Å². The molecule has 2 aromatic rings. The van der Waals surface area contributed by atoms with Crippen LogP contribution < -0.4 is 10.0 Å². The SMILES string of the molecule is O=C(NC[C@@H]1CCCO1)c1ccc(S(=O)(=O)NCc2cccnc2)cc1. The first-order chi connectivity index (χ1) is 12.5. The van der Waals surface area contributed by atoms with Crippen LogP contribution in [-0.2, 0) is 21.3 Å². The molecule has 1 aromatic carbocycles. The summed E-state index contributed by atoms with van der Waals surface area (Å²) in [5.41, 5.74) is 1.18. The predicted octanol–water partition coefficient (Wildman–Crippen LogP) is 1.47. The van der Waals surface area contributed by atoms with E-state index in [1.165, 1.54) is 24.3 Å². The van der Waals surface area contributed by atoms with Crippen molar-refractivity contribution >= 4 is 15.9 Å². The second-order valence-corrected chi connectivity index (χ2v) is 7.82. The number of pyridine rings is 1. The van der Waals surface area contributed by atoms with Gasteiger partial charge in [-0.05, 0) is 48.7 Å². The number of nitrogens with one attached hydrogen (secondary N) is 2. The average Bonchev–Trinajstić information content (AvgIpc) is 3.19. The van der Waals surface area contributed by atoms with Crippen LogP contribution in [0.4, 0.5) is 0 Å². The fraction of sp³-hybridized carbons (Fsp3) is 0.333. The molecule has 1 fully saturated rings. The summed E-state index contributed by atoms with van der Waals surface area (Å²) in [4.78, 5) is 16.2. The number of aromatic nitrogens is 1. The van der Waals surface area contributed by atoms with Crippen LogP contribution in [0.1, 0.15) is 28.8 Å². The van der Waals surface area contributed by atoms with Gasteiger partial charge in [0.1, 0.15) is 0 Å². The van der Waals surface area contributed by atoms with Gasteiger partial charge < -0.3 is 10.1 Å². The van der Waals surface area contributed by atoms with Gasteiger partial charge in [0.2, 0.25) is 10.0 Å². The quantitative estimate of drug-likeness (QED) is 0.764. The zero-order chi connectivity index (χ0) is 18.4. The van der Waals surface area contributed by atoms with Crippen molar-refractivity contribution < 1.29 is 17.9 Å². The molecule has 0 bridgehead atoms. The third kappa shape index (κ3) is 4.87. The molecule has 1 amide bonds. The lowest BCUT2D eigenvalue weighted by molar-refractivity contribution is 0.0857. The molecule has 2 N–H and O–H groups in total. The molecule has 8 heteroatoms. The van der Waals surface area contributed by atoms with Crippen molar-refractivity contribution in [2.75, 3.05) is 13.2 Å². The molecule has 138 valence electrons. The highest BCUT2D eigenvalue weighted by Crippen LogP contribution is 2.13. The number of nitrogens with zero attached hydrogens (tertiary/aromatic N) is 1. The molecule has 1 atom stereocenters. The Bertz CT molecular complexity index is 832. The van der Waals surface area contributed by atoms with E-state index in [-0.39, 0.29) is 23.5 Å². The van der Waals surface area contributed by atoms with Crippen molar-refractivity contribution in [3.8, 4) is 0 Å². The Morgan fingerprint density at radius 1 is 1.23 bits per heavy atom. The number of carbonyl (C=O) groups is 1. The molecule has 26 heavy (non-hydrogen) atoms. The third-order valence-corrected chi connectivity index (χ3v) is 5.55. The lowest BCUT2D eigenvalue weighted by Crippen LogP contribution is -2.31. The van der Waals surface area contributed by atoms with E-state index in [4.69, 9.17) is 4.74 Å². The number of hydrogen-bond donors (Lipinski definition) is 2. The monoisotopic (exact) mass is 375 g/mol. The molecule has 7 nitrogen and oxygen atoms in total. The van der Waals surface area contributed by atoms with Gasteiger partial charge in [-0.2, -0.15) is 0 Å². The van der Waals surface area contributed by atoms with Gasteiger partial charge in [0.05, 0.1) is 11.0 Å². The summed E-state index contributed by atoms with van der Waals surface area (Å²) in [7, 11) is -3.66. The van der Waals surface area contributed by atoms with Crippen LogP contribution in [0.2, 0.25) is 0 Å². The third-order valence-electron chi connectivity index (χ3n) is 4.13. The van der Waals surface area contributed by atoms with Gasteiger partial charge in [-0.15, -0.1) is 0 Å². The first-order valence-electron chi connectivity index (χ1n) is 8.43. The highest BCUT2D eigenvalue weighted by Gasteiger charge is 2.18. The molecule has 0 spiro atoms. The minimum absolute atomic E-state index is 0.0651. The van der Waals surface area contributed by atoms with Crippen LogP contribution in [0.5, 0.6) is 0 Å². The number of hydrogen-bond acceptors (Lipinski definition) is 5. The zero-order valence-corrected chi connectivity index (χ0v) is 15.0. The molecular formula is C18H21N3O4S. The molecule has 1 saturated heterocycles. The molecule has 3 rings (SSSR count).